The lowest BCUT2D eigenvalue weighted by Crippen LogP contribution is -2.28. The molecule has 0 aromatic heterocycles. The molecule has 1 saturated heterocycles. The molecule has 1 atom stereocenters. The first-order valence-corrected chi connectivity index (χ1v) is 11.3. The molecule has 0 spiro atoms. The number of hydrogen-bond donors (Lipinski definition) is 1. The summed E-state index contributed by atoms with van der Waals surface area (Å²) in [5, 5.41) is 2.67. The Morgan fingerprint density at radius 1 is 0.917 bits per heavy atom. The molecule has 4 rings (SSSR count). The van der Waals surface area contributed by atoms with Gasteiger partial charge >= 0.3 is 5.97 Å². The first-order chi connectivity index (χ1) is 17.5. The van der Waals surface area contributed by atoms with E-state index in [1.165, 1.54) is 19.1 Å². The van der Waals surface area contributed by atoms with Gasteiger partial charge in [-0.3, -0.25) is 14.4 Å². The number of nitrogens with zero attached hydrogens (tertiary/aromatic N) is 1. The van der Waals surface area contributed by atoms with Crippen molar-refractivity contribution in [1.82, 2.24) is 0 Å². The first kappa shape index (κ1) is 24.6. The Bertz CT molecular complexity index is 1230. The SMILES string of the molecule is COc1ccc(OC)c(N2C[C@H](C(=O)OCC(=O)Nc3ccc(Oc4ccccc4)cc3)CC2=O)c1. The molecule has 3 aromatic rings. The van der Waals surface area contributed by atoms with Crippen molar-refractivity contribution < 1.29 is 33.3 Å². The third-order valence-electron chi connectivity index (χ3n) is 5.60. The van der Waals surface area contributed by atoms with Crippen LogP contribution in [0.5, 0.6) is 23.0 Å². The summed E-state index contributed by atoms with van der Waals surface area (Å²) in [5.74, 6) is 0.314. The lowest BCUT2D eigenvalue weighted by atomic mass is 10.1. The minimum atomic E-state index is -0.698. The maximum absolute atomic E-state index is 12.6. The second-order valence-corrected chi connectivity index (χ2v) is 8.04. The van der Waals surface area contributed by atoms with Crippen LogP contribution in [0.1, 0.15) is 6.42 Å². The highest BCUT2D eigenvalue weighted by Gasteiger charge is 2.37. The van der Waals surface area contributed by atoms with Gasteiger partial charge < -0.3 is 29.2 Å². The minimum absolute atomic E-state index is 0.0241. The topological polar surface area (TPSA) is 103 Å². The van der Waals surface area contributed by atoms with Crippen molar-refractivity contribution in [1.29, 1.82) is 0 Å². The smallest absolute Gasteiger partial charge is 0.311 e. The summed E-state index contributed by atoms with van der Waals surface area (Å²) in [6.07, 6.45) is -0.0241. The molecule has 3 aromatic carbocycles. The van der Waals surface area contributed by atoms with Crippen molar-refractivity contribution in [2.24, 2.45) is 5.92 Å². The van der Waals surface area contributed by atoms with Crippen molar-refractivity contribution in [3.05, 3.63) is 72.8 Å². The zero-order valence-corrected chi connectivity index (χ0v) is 19.9. The van der Waals surface area contributed by atoms with E-state index in [4.69, 9.17) is 18.9 Å². The predicted octanol–water partition coefficient (Wildman–Crippen LogP) is 4.03. The lowest BCUT2D eigenvalue weighted by molar-refractivity contribution is -0.151. The van der Waals surface area contributed by atoms with Crippen LogP contribution < -0.4 is 24.4 Å². The summed E-state index contributed by atoms with van der Waals surface area (Å²) < 4.78 is 21.5. The number of hydrogen-bond acceptors (Lipinski definition) is 7. The highest BCUT2D eigenvalue weighted by molar-refractivity contribution is 6.01. The summed E-state index contributed by atoms with van der Waals surface area (Å²) in [5.41, 5.74) is 1.04. The van der Waals surface area contributed by atoms with Gasteiger partial charge in [-0.05, 0) is 48.5 Å². The second kappa shape index (κ2) is 11.3. The third kappa shape index (κ3) is 5.93. The largest absolute Gasteiger partial charge is 0.497 e. The summed E-state index contributed by atoms with van der Waals surface area (Å²) >= 11 is 0. The maximum Gasteiger partial charge on any atom is 0.311 e. The Morgan fingerprint density at radius 2 is 1.61 bits per heavy atom. The van der Waals surface area contributed by atoms with Crippen molar-refractivity contribution in [3.8, 4) is 23.0 Å². The molecular weight excluding hydrogens is 464 g/mol. The summed E-state index contributed by atoms with van der Waals surface area (Å²) in [6.45, 7) is -0.347. The molecule has 1 aliphatic rings. The van der Waals surface area contributed by atoms with Crippen LogP contribution in [0.25, 0.3) is 0 Å². The van der Waals surface area contributed by atoms with Crippen molar-refractivity contribution in [3.63, 3.8) is 0 Å². The number of methoxy groups -OCH3 is 2. The van der Waals surface area contributed by atoms with Crippen LogP contribution in [-0.2, 0) is 19.1 Å². The van der Waals surface area contributed by atoms with E-state index in [-0.39, 0.29) is 18.9 Å². The Kier molecular flexibility index (Phi) is 7.69. The average molecular weight is 491 g/mol. The fourth-order valence-corrected chi connectivity index (χ4v) is 3.79. The number of para-hydroxylation sites is 1. The summed E-state index contributed by atoms with van der Waals surface area (Å²) in [7, 11) is 3.02. The number of rotatable bonds is 9. The fraction of sp³-hybridized carbons (Fsp3) is 0.222. The van der Waals surface area contributed by atoms with Gasteiger partial charge in [0.25, 0.3) is 5.91 Å². The normalized spacial score (nSPS) is 14.8. The van der Waals surface area contributed by atoms with Crippen LogP contribution in [0.15, 0.2) is 72.8 Å². The van der Waals surface area contributed by atoms with E-state index in [0.29, 0.717) is 34.4 Å². The van der Waals surface area contributed by atoms with Gasteiger partial charge in [-0.15, -0.1) is 0 Å². The van der Waals surface area contributed by atoms with E-state index >= 15 is 0 Å². The molecule has 1 aliphatic heterocycles. The molecule has 1 heterocycles. The number of ether oxygens (including phenoxy) is 4. The Labute approximate surface area is 208 Å². The highest BCUT2D eigenvalue weighted by atomic mass is 16.5. The van der Waals surface area contributed by atoms with Crippen LogP contribution in [0.2, 0.25) is 0 Å². The number of esters is 1. The Morgan fingerprint density at radius 3 is 2.31 bits per heavy atom. The third-order valence-corrected chi connectivity index (χ3v) is 5.60. The minimum Gasteiger partial charge on any atom is -0.497 e. The zero-order valence-electron chi connectivity index (χ0n) is 19.9. The van der Waals surface area contributed by atoms with Gasteiger partial charge in [0.2, 0.25) is 5.91 Å². The van der Waals surface area contributed by atoms with Crippen molar-refractivity contribution >= 4 is 29.2 Å². The van der Waals surface area contributed by atoms with Crippen LogP contribution in [0.3, 0.4) is 0 Å². The van der Waals surface area contributed by atoms with Gasteiger partial charge in [-0.2, -0.15) is 0 Å². The molecule has 1 fully saturated rings. The van der Waals surface area contributed by atoms with E-state index in [1.54, 1.807) is 42.5 Å². The molecule has 9 heteroatoms. The number of carbonyl (C=O) groups is 3. The second-order valence-electron chi connectivity index (χ2n) is 8.04. The van der Waals surface area contributed by atoms with Gasteiger partial charge in [0, 0.05) is 24.7 Å². The van der Waals surface area contributed by atoms with E-state index in [2.05, 4.69) is 5.32 Å². The van der Waals surface area contributed by atoms with Crippen LogP contribution in [0.4, 0.5) is 11.4 Å². The molecular formula is C27H26N2O7. The Balaban J connectivity index is 1.28. The molecule has 0 bridgehead atoms. The lowest BCUT2D eigenvalue weighted by Gasteiger charge is -2.20. The van der Waals surface area contributed by atoms with E-state index in [1.807, 2.05) is 30.3 Å². The zero-order chi connectivity index (χ0) is 25.5. The van der Waals surface area contributed by atoms with Crippen LogP contribution in [-0.4, -0.2) is 45.2 Å². The van der Waals surface area contributed by atoms with E-state index in [0.717, 1.165) is 0 Å². The van der Waals surface area contributed by atoms with Crippen LogP contribution >= 0.6 is 0 Å². The van der Waals surface area contributed by atoms with Gasteiger partial charge in [-0.25, -0.2) is 0 Å². The Hall–Kier alpha value is -4.53. The van der Waals surface area contributed by atoms with Gasteiger partial charge in [0.1, 0.15) is 23.0 Å². The van der Waals surface area contributed by atoms with Crippen LogP contribution in [0, 0.1) is 5.92 Å². The quantitative estimate of drug-likeness (QED) is 0.452. The number of amides is 2. The molecule has 1 N–H and O–H groups in total. The van der Waals surface area contributed by atoms with Crippen molar-refractivity contribution in [2.45, 2.75) is 6.42 Å². The number of carbonyl (C=O) groups excluding carboxylic acids is 3. The molecule has 0 saturated carbocycles. The molecule has 186 valence electrons. The molecule has 36 heavy (non-hydrogen) atoms. The predicted molar refractivity (Wildman–Crippen MR) is 133 cm³/mol. The number of nitrogens with one attached hydrogen (secondary N) is 1. The van der Waals surface area contributed by atoms with E-state index < -0.39 is 24.4 Å². The van der Waals surface area contributed by atoms with E-state index in [9.17, 15) is 14.4 Å². The molecule has 0 aliphatic carbocycles. The molecule has 0 radical (unpaired) electrons. The summed E-state index contributed by atoms with van der Waals surface area (Å²) in [6, 6.07) is 21.2. The standard InChI is InChI=1S/C27H26N2O7/c1-33-22-12-13-24(34-2)23(15-22)29-16-18(14-26(29)31)27(32)35-17-25(30)28-19-8-10-21(11-9-19)36-20-6-4-3-5-7-20/h3-13,15,18H,14,16-17H2,1-2H3,(H,28,30)/t18-/m1/s1. The molecule has 9 nitrogen and oxygen atoms in total. The van der Waals surface area contributed by atoms with Crippen molar-refractivity contribution in [2.75, 3.05) is 37.6 Å². The molecule has 0 unspecified atom stereocenters. The number of anilines is 2. The average Bonchev–Trinajstić information content (AvgIpc) is 3.30. The summed E-state index contributed by atoms with van der Waals surface area (Å²) in [4.78, 5) is 38.9. The first-order valence-electron chi connectivity index (χ1n) is 11.3. The number of benzene rings is 3. The van der Waals surface area contributed by atoms with Gasteiger partial charge in [-0.1, -0.05) is 18.2 Å². The highest BCUT2D eigenvalue weighted by Crippen LogP contribution is 2.36. The molecule has 2 amide bonds. The maximum atomic E-state index is 12.6. The van der Waals surface area contributed by atoms with Gasteiger partial charge in [0.15, 0.2) is 6.61 Å². The van der Waals surface area contributed by atoms with Gasteiger partial charge in [0.05, 0.1) is 25.8 Å². The monoisotopic (exact) mass is 490 g/mol. The fourth-order valence-electron chi connectivity index (χ4n) is 3.79.